The minimum Gasteiger partial charge on any atom is -0.392 e. The number of nitrogens with zero attached hydrogens (tertiary/aromatic N) is 9. The molecule has 24 heteroatoms. The van der Waals surface area contributed by atoms with Gasteiger partial charge in [0.15, 0.2) is 0 Å². The van der Waals surface area contributed by atoms with Gasteiger partial charge in [0.1, 0.15) is 32.7 Å². The summed E-state index contributed by atoms with van der Waals surface area (Å²) < 4.78 is 0. The van der Waals surface area contributed by atoms with E-state index in [4.69, 9.17) is 5.73 Å². The van der Waals surface area contributed by atoms with Crippen molar-refractivity contribution in [2.24, 2.45) is 5.73 Å². The third-order valence-electron chi connectivity index (χ3n) is 15.2. The lowest BCUT2D eigenvalue weighted by Gasteiger charge is -2.37. The average Bonchev–Trinajstić information content (AvgIpc) is 3.54. The van der Waals surface area contributed by atoms with E-state index in [9.17, 15) is 63.3 Å². The predicted octanol–water partition coefficient (Wildman–Crippen LogP) is 1.89. The Kier molecular flexibility index (Phi) is 38.3. The van der Waals surface area contributed by atoms with Gasteiger partial charge in [0.05, 0.1) is 51.0 Å². The summed E-state index contributed by atoms with van der Waals surface area (Å²) in [4.78, 5) is 150. The van der Waals surface area contributed by atoms with Gasteiger partial charge in [-0.25, -0.2) is 0 Å². The van der Waals surface area contributed by atoms with Crippen molar-refractivity contribution in [3.05, 3.63) is 0 Å². The molecule has 24 nitrogen and oxygen atoms in total. The first-order valence-corrected chi connectivity index (χ1v) is 29.4. The number of carbonyl (C=O) groups is 10. The van der Waals surface area contributed by atoms with Crippen LogP contribution in [0.25, 0.3) is 0 Å². The molecule has 0 aliphatic carbocycles. The number of nitrogens with two attached hydrogens (primary N) is 1. The molecule has 0 aromatic carbocycles. The number of nitrogens with one attached hydrogen (secondary N) is 1. The number of primary amides is 1. The van der Waals surface area contributed by atoms with Crippen LogP contribution in [0.4, 0.5) is 0 Å². The van der Waals surface area contributed by atoms with Gasteiger partial charge in [-0.3, -0.25) is 47.9 Å². The van der Waals surface area contributed by atoms with Gasteiger partial charge in [-0.05, 0) is 114 Å². The normalized spacial score (nSPS) is 14.8. The van der Waals surface area contributed by atoms with Crippen molar-refractivity contribution in [3.8, 4) is 0 Å². The molecule has 0 fully saturated rings. The van der Waals surface area contributed by atoms with Crippen molar-refractivity contribution in [1.82, 2.24) is 49.4 Å². The molecule has 0 bridgehead atoms. The van der Waals surface area contributed by atoms with Crippen molar-refractivity contribution < 1.29 is 63.3 Å². The van der Waals surface area contributed by atoms with Gasteiger partial charge in [0, 0.05) is 61.9 Å². The number of hydrogen-bond acceptors (Lipinski definition) is 14. The second-order valence-corrected chi connectivity index (χ2v) is 22.2. The number of aliphatic hydroxyl groups is 3. The third kappa shape index (κ3) is 27.3. The Bertz CT molecular complexity index is 2010. The molecule has 476 valence electrons. The van der Waals surface area contributed by atoms with Crippen LogP contribution >= 0.6 is 0 Å². The molecule has 10 unspecified atom stereocenters. The first-order valence-electron chi connectivity index (χ1n) is 29.4. The predicted molar refractivity (Wildman–Crippen MR) is 317 cm³/mol. The molecule has 10 amide bonds. The second-order valence-electron chi connectivity index (χ2n) is 22.2. The van der Waals surface area contributed by atoms with Gasteiger partial charge in [0.25, 0.3) is 0 Å². The largest absolute Gasteiger partial charge is 0.392 e. The van der Waals surface area contributed by atoms with E-state index in [1.807, 2.05) is 62.3 Å². The summed E-state index contributed by atoms with van der Waals surface area (Å²) in [7, 11) is 0. The highest BCUT2D eigenvalue weighted by Crippen LogP contribution is 2.16. The molecule has 0 aliphatic rings. The fourth-order valence-electron chi connectivity index (χ4n) is 8.63. The third-order valence-corrected chi connectivity index (χ3v) is 15.2. The number of rotatable bonds is 40. The SMILES string of the molecule is C.CCC(C)NCC(=O)N(CC(=O)N(CC(=O)N(CC(=O)N(CC(=O)N(CC(=O)N(CC(=O)N(CC(=O)N(CC(=O)N(CC(N)=O)C(C)CC)C(C)CC)CC(C)O)C(C)CC)C(C)CC)C(C)CC)CC(C)O)CC(C)O)C(C)CC. The molecular formula is C58H111N11O13. The summed E-state index contributed by atoms with van der Waals surface area (Å²) in [6.45, 7) is 24.4. The summed E-state index contributed by atoms with van der Waals surface area (Å²) in [5.41, 5.74) is 5.46. The fourth-order valence-corrected chi connectivity index (χ4v) is 8.63. The summed E-state index contributed by atoms with van der Waals surface area (Å²) in [6, 6.07) is -2.76. The summed E-state index contributed by atoms with van der Waals surface area (Å²) in [5.74, 6) is -6.02. The van der Waals surface area contributed by atoms with E-state index < -0.39 is 141 Å². The summed E-state index contributed by atoms with van der Waals surface area (Å²) in [5, 5.41) is 34.7. The molecule has 0 rings (SSSR count). The second kappa shape index (κ2) is 39.9. The Morgan fingerprint density at radius 1 is 0.329 bits per heavy atom. The van der Waals surface area contributed by atoms with E-state index in [1.54, 1.807) is 34.6 Å². The number of aliphatic hydroxyl groups excluding tert-OH is 3. The van der Waals surface area contributed by atoms with Crippen molar-refractivity contribution in [2.75, 3.05) is 85.1 Å². The number of carbonyl (C=O) groups excluding carboxylic acids is 10. The van der Waals surface area contributed by atoms with Crippen molar-refractivity contribution in [2.45, 2.75) is 231 Å². The maximum Gasteiger partial charge on any atom is 0.242 e. The molecule has 82 heavy (non-hydrogen) atoms. The van der Waals surface area contributed by atoms with Gasteiger partial charge in [-0.2, -0.15) is 0 Å². The van der Waals surface area contributed by atoms with Crippen LogP contribution in [0.1, 0.15) is 170 Å². The van der Waals surface area contributed by atoms with E-state index in [2.05, 4.69) is 5.32 Å². The van der Waals surface area contributed by atoms with Crippen LogP contribution in [0.15, 0.2) is 0 Å². The monoisotopic (exact) mass is 1170 g/mol. The molecule has 0 radical (unpaired) electrons. The topological polar surface area (TPSA) is 299 Å². The van der Waals surface area contributed by atoms with Crippen molar-refractivity contribution in [3.63, 3.8) is 0 Å². The maximum absolute atomic E-state index is 14.6. The fraction of sp³-hybridized carbons (Fsp3) is 0.828. The first kappa shape index (κ1) is 78.6. The zero-order valence-corrected chi connectivity index (χ0v) is 52.4. The highest BCUT2D eigenvalue weighted by molar-refractivity contribution is 5.94. The van der Waals surface area contributed by atoms with Crippen LogP contribution in [-0.2, 0) is 47.9 Å². The summed E-state index contributed by atoms with van der Waals surface area (Å²) >= 11 is 0. The van der Waals surface area contributed by atoms with Gasteiger partial charge in [-0.1, -0.05) is 55.9 Å². The van der Waals surface area contributed by atoms with Crippen LogP contribution in [-0.4, -0.2) is 264 Å². The van der Waals surface area contributed by atoms with E-state index >= 15 is 0 Å². The molecule has 0 heterocycles. The lowest BCUT2D eigenvalue weighted by Crippen LogP contribution is -2.56. The zero-order valence-electron chi connectivity index (χ0n) is 52.4. The van der Waals surface area contributed by atoms with Gasteiger partial charge >= 0.3 is 0 Å². The zero-order chi connectivity index (χ0) is 62.6. The molecule has 6 N–H and O–H groups in total. The first-order chi connectivity index (χ1) is 37.8. The Hall–Kier alpha value is -5.46. The highest BCUT2D eigenvalue weighted by atomic mass is 16.3. The molecule has 0 aromatic rings. The van der Waals surface area contributed by atoms with Gasteiger partial charge < -0.3 is 70.5 Å². The minimum absolute atomic E-state index is 0. The molecule has 10 atom stereocenters. The van der Waals surface area contributed by atoms with Crippen LogP contribution in [0.5, 0.6) is 0 Å². The Morgan fingerprint density at radius 3 is 0.768 bits per heavy atom. The number of hydrogen-bond donors (Lipinski definition) is 5. The quantitative estimate of drug-likeness (QED) is 0.0586. The van der Waals surface area contributed by atoms with Gasteiger partial charge in [0.2, 0.25) is 59.1 Å². The van der Waals surface area contributed by atoms with E-state index in [0.29, 0.717) is 38.5 Å². The van der Waals surface area contributed by atoms with Crippen LogP contribution < -0.4 is 11.1 Å². The smallest absolute Gasteiger partial charge is 0.242 e. The van der Waals surface area contributed by atoms with E-state index in [1.165, 1.54) is 50.2 Å². The van der Waals surface area contributed by atoms with Crippen LogP contribution in [0, 0.1) is 0 Å². The van der Waals surface area contributed by atoms with E-state index in [-0.39, 0.29) is 70.7 Å². The lowest BCUT2D eigenvalue weighted by molar-refractivity contribution is -0.152. The van der Waals surface area contributed by atoms with Crippen LogP contribution in [0.2, 0.25) is 0 Å². The number of amides is 10. The molecule has 0 aliphatic heterocycles. The summed E-state index contributed by atoms with van der Waals surface area (Å²) in [6.07, 6.45) is 0.174. The Morgan fingerprint density at radius 2 is 0.537 bits per heavy atom. The molecular weight excluding hydrogens is 1060 g/mol. The Balaban J connectivity index is 0. The molecule has 0 saturated heterocycles. The van der Waals surface area contributed by atoms with Crippen molar-refractivity contribution >= 4 is 59.1 Å². The lowest BCUT2D eigenvalue weighted by atomic mass is 10.1. The average molecular weight is 1170 g/mol. The Labute approximate surface area is 491 Å². The maximum atomic E-state index is 14.6. The molecule has 0 aromatic heterocycles. The standard InChI is InChI=1S/C57H107N11O13.CH4/c1-18-38(8)59-25-49(73)64(40(10)20-3)33-51(75)60(26-45(15)69)30-50(74)61(27-46(16)70)31-53(77)67(43(13)23-6)36-57(81)68(44(14)24-7)37-56(80)65(41(11)21-4)34-52(76)62(28-47(17)71)32-54(78)66(42(12)22-5)35-55(79)63(29-48(58)72)39(9)19-2;/h38-47,59,69-71H,18-37H2,1-17H3,(H2,58,72);1H4. The van der Waals surface area contributed by atoms with Crippen molar-refractivity contribution in [1.29, 1.82) is 0 Å². The van der Waals surface area contributed by atoms with Gasteiger partial charge in [-0.15, -0.1) is 0 Å². The molecule has 0 spiro atoms. The molecule has 0 saturated carbocycles. The van der Waals surface area contributed by atoms with E-state index in [0.717, 1.165) is 21.1 Å². The highest BCUT2D eigenvalue weighted by Gasteiger charge is 2.36. The minimum atomic E-state index is -1.12. The van der Waals surface area contributed by atoms with Crippen LogP contribution in [0.3, 0.4) is 0 Å².